The minimum atomic E-state index is -0.328. The molecule has 1 atom stereocenters. The summed E-state index contributed by atoms with van der Waals surface area (Å²) in [4.78, 5) is 0. The van der Waals surface area contributed by atoms with Gasteiger partial charge in [-0.1, -0.05) is 0 Å². The summed E-state index contributed by atoms with van der Waals surface area (Å²) in [5.74, 6) is 1.16. The van der Waals surface area contributed by atoms with E-state index in [0.29, 0.717) is 17.4 Å². The Balaban J connectivity index is 2.41. The first-order valence-electron chi connectivity index (χ1n) is 5.88. The molecule has 1 fully saturated rings. The number of hydrogen-bond acceptors (Lipinski definition) is 3. The van der Waals surface area contributed by atoms with Gasteiger partial charge in [-0.25, -0.2) is 4.39 Å². The highest BCUT2D eigenvalue weighted by Gasteiger charge is 2.23. The average molecular weight is 239 g/mol. The van der Waals surface area contributed by atoms with Crippen LogP contribution in [0.4, 0.5) is 4.39 Å². The molecule has 0 radical (unpaired) electrons. The molecule has 0 bridgehead atoms. The second-order valence-electron chi connectivity index (χ2n) is 4.27. The van der Waals surface area contributed by atoms with Crippen LogP contribution in [-0.4, -0.2) is 27.3 Å². The monoisotopic (exact) mass is 239 g/mol. The molecule has 1 heterocycles. The molecular weight excluding hydrogens is 221 g/mol. The molecule has 1 aliphatic rings. The van der Waals surface area contributed by atoms with Crippen LogP contribution in [0, 0.1) is 5.82 Å². The summed E-state index contributed by atoms with van der Waals surface area (Å²) in [7, 11) is 3.13. The number of rotatable bonds is 3. The molecule has 0 saturated carbocycles. The smallest absolute Gasteiger partial charge is 0.130 e. The molecule has 1 aromatic rings. The van der Waals surface area contributed by atoms with Gasteiger partial charge in [0.2, 0.25) is 0 Å². The zero-order valence-corrected chi connectivity index (χ0v) is 10.3. The maximum Gasteiger partial charge on any atom is 0.130 e. The SMILES string of the molecule is COc1cc(F)cc(OC)c1C1CCCNC1. The van der Waals surface area contributed by atoms with Crippen molar-refractivity contribution in [2.24, 2.45) is 0 Å². The molecule has 94 valence electrons. The first-order valence-corrected chi connectivity index (χ1v) is 5.88. The van der Waals surface area contributed by atoms with Crippen molar-refractivity contribution < 1.29 is 13.9 Å². The summed E-state index contributed by atoms with van der Waals surface area (Å²) in [6, 6.07) is 2.85. The van der Waals surface area contributed by atoms with Gasteiger partial charge >= 0.3 is 0 Å². The standard InChI is InChI=1S/C13H18FNO2/c1-16-11-6-10(14)7-12(17-2)13(11)9-4-3-5-15-8-9/h6-7,9,15H,3-5,8H2,1-2H3. The highest BCUT2D eigenvalue weighted by molar-refractivity contribution is 5.48. The van der Waals surface area contributed by atoms with Crippen LogP contribution in [-0.2, 0) is 0 Å². The van der Waals surface area contributed by atoms with Crippen molar-refractivity contribution in [1.29, 1.82) is 0 Å². The fourth-order valence-electron chi connectivity index (χ4n) is 2.41. The van der Waals surface area contributed by atoms with E-state index in [0.717, 1.165) is 31.5 Å². The lowest BCUT2D eigenvalue weighted by atomic mass is 9.90. The van der Waals surface area contributed by atoms with E-state index in [2.05, 4.69) is 5.32 Å². The number of ether oxygens (including phenoxy) is 2. The second-order valence-corrected chi connectivity index (χ2v) is 4.27. The van der Waals surface area contributed by atoms with Gasteiger partial charge in [0.05, 0.1) is 14.2 Å². The van der Waals surface area contributed by atoms with Crippen molar-refractivity contribution in [2.45, 2.75) is 18.8 Å². The third-order valence-electron chi connectivity index (χ3n) is 3.21. The Morgan fingerprint density at radius 1 is 1.24 bits per heavy atom. The molecule has 1 aromatic carbocycles. The topological polar surface area (TPSA) is 30.5 Å². The molecule has 17 heavy (non-hydrogen) atoms. The van der Waals surface area contributed by atoms with Gasteiger partial charge in [0, 0.05) is 30.2 Å². The predicted octanol–water partition coefficient (Wildman–Crippen LogP) is 2.31. The molecule has 4 heteroatoms. The molecular formula is C13H18FNO2. The normalized spacial score (nSPS) is 20.1. The Hall–Kier alpha value is -1.29. The molecule has 1 saturated heterocycles. The first-order chi connectivity index (χ1) is 8.26. The van der Waals surface area contributed by atoms with Crippen LogP contribution < -0.4 is 14.8 Å². The van der Waals surface area contributed by atoms with Gasteiger partial charge in [0.15, 0.2) is 0 Å². The summed E-state index contributed by atoms with van der Waals surface area (Å²) in [5.41, 5.74) is 0.976. The van der Waals surface area contributed by atoms with Crippen molar-refractivity contribution in [1.82, 2.24) is 5.32 Å². The van der Waals surface area contributed by atoms with E-state index in [1.54, 1.807) is 14.2 Å². The number of methoxy groups -OCH3 is 2. The van der Waals surface area contributed by atoms with Crippen molar-refractivity contribution >= 4 is 0 Å². The molecule has 0 spiro atoms. The Labute approximate surface area is 101 Å². The van der Waals surface area contributed by atoms with Gasteiger partial charge < -0.3 is 14.8 Å². The summed E-state index contributed by atoms with van der Waals surface area (Å²) >= 11 is 0. The molecule has 1 aliphatic heterocycles. The minimum absolute atomic E-state index is 0.328. The number of hydrogen-bond donors (Lipinski definition) is 1. The average Bonchev–Trinajstić information content (AvgIpc) is 2.38. The lowest BCUT2D eigenvalue weighted by Crippen LogP contribution is -2.28. The van der Waals surface area contributed by atoms with Gasteiger partial charge in [-0.15, -0.1) is 0 Å². The lowest BCUT2D eigenvalue weighted by Gasteiger charge is -2.26. The Bertz CT molecular complexity index is 364. The number of piperidine rings is 1. The fraction of sp³-hybridized carbons (Fsp3) is 0.538. The molecule has 0 aliphatic carbocycles. The number of halogens is 1. The van der Waals surface area contributed by atoms with Gasteiger partial charge in [-0.2, -0.15) is 0 Å². The van der Waals surface area contributed by atoms with Crippen LogP contribution in [0.3, 0.4) is 0 Å². The third kappa shape index (κ3) is 2.52. The highest BCUT2D eigenvalue weighted by Crippen LogP contribution is 2.38. The summed E-state index contributed by atoms with van der Waals surface area (Å²) in [6.07, 6.45) is 2.19. The number of nitrogens with one attached hydrogen (secondary N) is 1. The maximum atomic E-state index is 13.4. The summed E-state index contributed by atoms with van der Waals surface area (Å²) < 4.78 is 23.9. The Morgan fingerprint density at radius 2 is 1.88 bits per heavy atom. The maximum absolute atomic E-state index is 13.4. The molecule has 1 unspecified atom stereocenters. The molecule has 0 aromatic heterocycles. The molecule has 0 amide bonds. The predicted molar refractivity (Wildman–Crippen MR) is 64.3 cm³/mol. The Kier molecular flexibility index (Phi) is 3.84. The second kappa shape index (κ2) is 5.36. The zero-order chi connectivity index (χ0) is 12.3. The van der Waals surface area contributed by atoms with Gasteiger partial charge in [0.25, 0.3) is 0 Å². The van der Waals surface area contributed by atoms with Crippen LogP contribution in [0.5, 0.6) is 11.5 Å². The lowest BCUT2D eigenvalue weighted by molar-refractivity contribution is 0.360. The summed E-state index contributed by atoms with van der Waals surface area (Å²) in [5, 5.41) is 3.35. The molecule has 3 nitrogen and oxygen atoms in total. The largest absolute Gasteiger partial charge is 0.496 e. The van der Waals surface area contributed by atoms with Gasteiger partial charge in [0.1, 0.15) is 17.3 Å². The van der Waals surface area contributed by atoms with E-state index in [-0.39, 0.29) is 5.82 Å². The van der Waals surface area contributed by atoms with Gasteiger partial charge in [-0.05, 0) is 19.4 Å². The quantitative estimate of drug-likeness (QED) is 0.878. The van der Waals surface area contributed by atoms with E-state index in [4.69, 9.17) is 9.47 Å². The summed E-state index contributed by atoms with van der Waals surface area (Å²) in [6.45, 7) is 1.93. The van der Waals surface area contributed by atoms with E-state index in [1.807, 2.05) is 0 Å². The van der Waals surface area contributed by atoms with Crippen molar-refractivity contribution in [3.8, 4) is 11.5 Å². The Morgan fingerprint density at radius 3 is 2.35 bits per heavy atom. The van der Waals surface area contributed by atoms with E-state index in [9.17, 15) is 4.39 Å². The van der Waals surface area contributed by atoms with Crippen LogP contribution in [0.25, 0.3) is 0 Å². The third-order valence-corrected chi connectivity index (χ3v) is 3.21. The molecule has 1 N–H and O–H groups in total. The molecule has 2 rings (SSSR count). The van der Waals surface area contributed by atoms with Crippen molar-refractivity contribution in [3.05, 3.63) is 23.5 Å². The van der Waals surface area contributed by atoms with Crippen LogP contribution in [0.1, 0.15) is 24.3 Å². The highest BCUT2D eigenvalue weighted by atomic mass is 19.1. The van der Waals surface area contributed by atoms with E-state index < -0.39 is 0 Å². The van der Waals surface area contributed by atoms with Crippen LogP contribution in [0.15, 0.2) is 12.1 Å². The van der Waals surface area contributed by atoms with Crippen LogP contribution >= 0.6 is 0 Å². The van der Waals surface area contributed by atoms with E-state index >= 15 is 0 Å². The zero-order valence-electron chi connectivity index (χ0n) is 10.3. The fourth-order valence-corrected chi connectivity index (χ4v) is 2.41. The van der Waals surface area contributed by atoms with Crippen LogP contribution in [0.2, 0.25) is 0 Å². The number of benzene rings is 1. The van der Waals surface area contributed by atoms with E-state index in [1.165, 1.54) is 12.1 Å². The first kappa shape index (κ1) is 12.2. The van der Waals surface area contributed by atoms with Crippen molar-refractivity contribution in [3.63, 3.8) is 0 Å². The van der Waals surface area contributed by atoms with Crippen molar-refractivity contribution in [2.75, 3.05) is 27.3 Å². The minimum Gasteiger partial charge on any atom is -0.496 e. The van der Waals surface area contributed by atoms with Gasteiger partial charge in [-0.3, -0.25) is 0 Å².